The summed E-state index contributed by atoms with van der Waals surface area (Å²) in [6.07, 6.45) is 0. The number of hydrogen-bond donors (Lipinski definition) is 0. The van der Waals surface area contributed by atoms with Crippen LogP contribution in [0.2, 0.25) is 5.02 Å². The monoisotopic (exact) mass is 327 g/mol. The Balaban J connectivity index is 3.30. The van der Waals surface area contributed by atoms with Crippen LogP contribution in [0.25, 0.3) is 0 Å². The Morgan fingerprint density at radius 1 is 1.54 bits per heavy atom. The first kappa shape index (κ1) is 10.9. The fraction of sp³-hybridized carbons (Fsp3) is 0.143. The molecule has 0 saturated heterocycles. The molecular weight excluding hydrogens is 325 g/mol. The van der Waals surface area contributed by atoms with Gasteiger partial charge < -0.3 is 0 Å². The average Bonchev–Trinajstić information content (AvgIpc) is 2.03. The predicted octanol–water partition coefficient (Wildman–Crippen LogP) is 3.91. The first-order chi connectivity index (χ1) is 6.06. The van der Waals surface area contributed by atoms with Gasteiger partial charge in [-0.2, -0.15) is 0 Å². The molecule has 0 aliphatic heterocycles. The lowest BCUT2D eigenvalue weighted by Gasteiger charge is -2.01. The van der Waals surface area contributed by atoms with Crippen molar-refractivity contribution in [2.75, 3.05) is 0 Å². The van der Waals surface area contributed by atoms with Gasteiger partial charge in [-0.05, 0) is 27.6 Å². The largest absolute Gasteiger partial charge is 0.283 e. The van der Waals surface area contributed by atoms with Crippen molar-refractivity contribution in [1.82, 2.24) is 0 Å². The van der Waals surface area contributed by atoms with Gasteiger partial charge in [-0.25, -0.2) is 0 Å². The highest BCUT2D eigenvalue weighted by molar-refractivity contribution is 9.10. The van der Waals surface area contributed by atoms with E-state index in [4.69, 9.17) is 11.6 Å². The summed E-state index contributed by atoms with van der Waals surface area (Å²) in [5.74, 6) is 0. The molecule has 0 unspecified atom stereocenters. The minimum Gasteiger partial charge on any atom is -0.258 e. The fourth-order valence-corrected chi connectivity index (χ4v) is 2.30. The van der Waals surface area contributed by atoms with Crippen LogP contribution in [0.15, 0.2) is 16.6 Å². The van der Waals surface area contributed by atoms with Crippen molar-refractivity contribution in [2.24, 2.45) is 0 Å². The van der Waals surface area contributed by atoms with E-state index in [-0.39, 0.29) is 5.69 Å². The molecule has 0 aliphatic carbocycles. The van der Waals surface area contributed by atoms with Crippen LogP contribution in [0, 0.1) is 10.1 Å². The van der Waals surface area contributed by atoms with Crippen molar-refractivity contribution in [3.05, 3.63) is 37.3 Å². The molecule has 0 radical (unpaired) electrons. The molecule has 0 N–H and O–H groups in total. The van der Waals surface area contributed by atoms with Crippen molar-refractivity contribution >= 4 is 49.1 Å². The lowest BCUT2D eigenvalue weighted by Crippen LogP contribution is -1.91. The third-order valence-electron chi connectivity index (χ3n) is 1.46. The number of nitrogens with zero attached hydrogens (tertiary/aromatic N) is 1. The van der Waals surface area contributed by atoms with Gasteiger partial charge in [-0.3, -0.25) is 10.1 Å². The lowest BCUT2D eigenvalue weighted by molar-refractivity contribution is -0.385. The molecule has 0 saturated carbocycles. The number of alkyl halides is 1. The molecule has 3 nitrogen and oxygen atoms in total. The number of nitro groups is 1. The molecule has 0 amide bonds. The summed E-state index contributed by atoms with van der Waals surface area (Å²) in [6.45, 7) is 0. The van der Waals surface area contributed by atoms with Crippen LogP contribution >= 0.6 is 43.5 Å². The minimum absolute atomic E-state index is 0.0267. The number of nitro benzene ring substituents is 1. The average molecular weight is 329 g/mol. The van der Waals surface area contributed by atoms with Gasteiger partial charge in [0.25, 0.3) is 5.69 Å². The maximum Gasteiger partial charge on any atom is 0.283 e. The summed E-state index contributed by atoms with van der Waals surface area (Å²) >= 11 is 12.1. The van der Waals surface area contributed by atoms with Crippen LogP contribution in [-0.4, -0.2) is 4.92 Å². The van der Waals surface area contributed by atoms with E-state index in [1.54, 1.807) is 0 Å². The molecule has 0 aromatic heterocycles. The van der Waals surface area contributed by atoms with Gasteiger partial charge in [0.1, 0.15) is 0 Å². The summed E-state index contributed by atoms with van der Waals surface area (Å²) < 4.78 is 0.396. The first-order valence-corrected chi connectivity index (χ1v) is 5.53. The lowest BCUT2D eigenvalue weighted by atomic mass is 10.2. The topological polar surface area (TPSA) is 43.1 Å². The van der Waals surface area contributed by atoms with Crippen LogP contribution in [0.5, 0.6) is 0 Å². The molecule has 0 aliphatic rings. The molecule has 0 spiro atoms. The Morgan fingerprint density at radius 2 is 2.15 bits per heavy atom. The Hall–Kier alpha value is -0.130. The van der Waals surface area contributed by atoms with Gasteiger partial charge in [0.15, 0.2) is 0 Å². The molecule has 70 valence electrons. The standard InChI is InChI=1S/C7H4Br2ClNO2/c8-3-4-1-7(11(12)13)5(9)2-6(4)10/h1-2H,3H2. The second kappa shape index (κ2) is 4.39. The molecule has 1 rings (SSSR count). The molecular formula is C7H4Br2ClNO2. The second-order valence-corrected chi connectivity index (χ2v) is 4.11. The van der Waals surface area contributed by atoms with E-state index < -0.39 is 4.92 Å². The Bertz CT molecular complexity index is 357. The third kappa shape index (κ3) is 2.42. The molecule has 0 heterocycles. The Labute approximate surface area is 96.5 Å². The molecule has 0 bridgehead atoms. The van der Waals surface area contributed by atoms with E-state index in [9.17, 15) is 10.1 Å². The maximum atomic E-state index is 10.5. The summed E-state index contributed by atoms with van der Waals surface area (Å²) in [4.78, 5) is 10.1. The van der Waals surface area contributed by atoms with Crippen molar-refractivity contribution in [3.63, 3.8) is 0 Å². The molecule has 0 atom stereocenters. The van der Waals surface area contributed by atoms with Gasteiger partial charge in [-0.1, -0.05) is 27.5 Å². The zero-order valence-electron chi connectivity index (χ0n) is 6.26. The fourth-order valence-electron chi connectivity index (χ4n) is 0.823. The number of hydrogen-bond acceptors (Lipinski definition) is 2. The van der Waals surface area contributed by atoms with Gasteiger partial charge in [0.2, 0.25) is 0 Å². The number of benzene rings is 1. The van der Waals surface area contributed by atoms with E-state index in [0.717, 1.165) is 0 Å². The van der Waals surface area contributed by atoms with Crippen molar-refractivity contribution in [1.29, 1.82) is 0 Å². The van der Waals surface area contributed by atoms with E-state index in [2.05, 4.69) is 31.9 Å². The molecule has 1 aromatic rings. The van der Waals surface area contributed by atoms with Crippen LogP contribution < -0.4 is 0 Å². The maximum absolute atomic E-state index is 10.5. The SMILES string of the molecule is O=[N+]([O-])c1cc(CBr)c(Cl)cc1Br. The number of rotatable bonds is 2. The zero-order valence-corrected chi connectivity index (χ0v) is 10.2. The van der Waals surface area contributed by atoms with Gasteiger partial charge >= 0.3 is 0 Å². The van der Waals surface area contributed by atoms with E-state index in [1.807, 2.05) is 0 Å². The molecule has 6 heteroatoms. The van der Waals surface area contributed by atoms with Crippen molar-refractivity contribution in [3.8, 4) is 0 Å². The highest BCUT2D eigenvalue weighted by atomic mass is 79.9. The van der Waals surface area contributed by atoms with E-state index >= 15 is 0 Å². The summed E-state index contributed by atoms with van der Waals surface area (Å²) in [7, 11) is 0. The molecule has 13 heavy (non-hydrogen) atoms. The van der Waals surface area contributed by atoms with Gasteiger partial charge in [0, 0.05) is 16.4 Å². The smallest absolute Gasteiger partial charge is 0.258 e. The van der Waals surface area contributed by atoms with Crippen molar-refractivity contribution < 1.29 is 4.92 Å². The predicted molar refractivity (Wildman–Crippen MR) is 58.4 cm³/mol. The van der Waals surface area contributed by atoms with Crippen LogP contribution in [0.3, 0.4) is 0 Å². The number of halogens is 3. The quantitative estimate of drug-likeness (QED) is 0.469. The first-order valence-electron chi connectivity index (χ1n) is 3.24. The Kier molecular flexibility index (Phi) is 3.70. The zero-order chi connectivity index (χ0) is 10.0. The van der Waals surface area contributed by atoms with Gasteiger partial charge in [0.05, 0.1) is 9.40 Å². The second-order valence-electron chi connectivity index (χ2n) is 2.29. The highest BCUT2D eigenvalue weighted by Gasteiger charge is 2.14. The van der Waals surface area contributed by atoms with Crippen LogP contribution in [0.1, 0.15) is 5.56 Å². The summed E-state index contributed by atoms with van der Waals surface area (Å²) in [6, 6.07) is 2.97. The van der Waals surface area contributed by atoms with Crippen LogP contribution in [-0.2, 0) is 5.33 Å². The van der Waals surface area contributed by atoms with Crippen LogP contribution in [0.4, 0.5) is 5.69 Å². The van der Waals surface area contributed by atoms with E-state index in [1.165, 1.54) is 12.1 Å². The molecule has 1 aromatic carbocycles. The van der Waals surface area contributed by atoms with Crippen molar-refractivity contribution in [2.45, 2.75) is 5.33 Å². The van der Waals surface area contributed by atoms with Gasteiger partial charge in [-0.15, -0.1) is 0 Å². The minimum atomic E-state index is -0.452. The summed E-state index contributed by atoms with van der Waals surface area (Å²) in [5, 5.41) is 11.5. The third-order valence-corrected chi connectivity index (χ3v) is 3.05. The Morgan fingerprint density at radius 3 is 2.62 bits per heavy atom. The van der Waals surface area contributed by atoms with E-state index in [0.29, 0.717) is 20.4 Å². The normalized spacial score (nSPS) is 10.1. The highest BCUT2D eigenvalue weighted by Crippen LogP contribution is 2.31. The summed E-state index contributed by atoms with van der Waals surface area (Å²) in [5.41, 5.74) is 0.732. The molecule has 0 fully saturated rings.